The summed E-state index contributed by atoms with van der Waals surface area (Å²) in [5, 5.41) is 26.1. The molecule has 7 N–H and O–H groups in total. The molecular formula is C53H67N6O20P3+2. The number of carbonyl (C=O) groups excluding carboxylic acids is 3. The lowest BCUT2D eigenvalue weighted by Gasteiger charge is -2.26. The number of hydrogen-bond acceptors (Lipinski definition) is 17. The van der Waals surface area contributed by atoms with E-state index in [0.717, 1.165) is 45.2 Å². The highest BCUT2D eigenvalue weighted by Gasteiger charge is 2.45. The molecule has 3 aromatic rings. The molecule has 5 atom stereocenters. The third-order valence-corrected chi connectivity index (χ3v) is 16.3. The van der Waals surface area contributed by atoms with Crippen LogP contribution in [0.15, 0.2) is 115 Å². The predicted octanol–water partition coefficient (Wildman–Crippen LogP) is 7.62. The Morgan fingerprint density at radius 3 is 2.27 bits per heavy atom. The second-order valence-corrected chi connectivity index (χ2v) is 24.5. The molecule has 3 unspecified atom stereocenters. The number of ether oxygens (including phenoxy) is 2. The highest BCUT2D eigenvalue weighted by Crippen LogP contribution is 2.49. The number of phosphoric ester groups is 3. The van der Waals surface area contributed by atoms with Gasteiger partial charge in [-0.05, 0) is 69.5 Å². The van der Waals surface area contributed by atoms with Crippen molar-refractivity contribution in [1.29, 1.82) is 0 Å². The zero-order chi connectivity index (χ0) is 59.8. The number of phosphoric acid groups is 3. The number of anilines is 1. The minimum absolute atomic E-state index is 0.0866. The third kappa shape index (κ3) is 15.6. The highest BCUT2D eigenvalue weighted by atomic mass is 31.2. The average Bonchev–Trinajstić information content (AvgIpc) is 4.16. The molecule has 0 aliphatic carbocycles. The normalized spacial score (nSPS) is 21.7. The van der Waals surface area contributed by atoms with Gasteiger partial charge in [-0.3, -0.25) is 32.7 Å². The first-order chi connectivity index (χ1) is 38.6. The van der Waals surface area contributed by atoms with Gasteiger partial charge in [0.05, 0.1) is 67.0 Å². The van der Waals surface area contributed by atoms with Gasteiger partial charge in [0.2, 0.25) is 5.69 Å². The van der Waals surface area contributed by atoms with E-state index in [-0.39, 0.29) is 53.1 Å². The van der Waals surface area contributed by atoms with Crippen LogP contribution in [0.3, 0.4) is 0 Å². The summed E-state index contributed by atoms with van der Waals surface area (Å²) in [7, 11) is -14.6. The third-order valence-electron chi connectivity index (χ3n) is 13.9. The van der Waals surface area contributed by atoms with Crippen LogP contribution in [0.4, 0.5) is 26.7 Å². The second-order valence-electron chi connectivity index (χ2n) is 20.3. The van der Waals surface area contributed by atoms with Gasteiger partial charge >= 0.3 is 41.5 Å². The number of nitrogens with zero attached hydrogens (tertiary/aromatic N) is 4. The Bertz CT molecular complexity index is 3290. The zero-order valence-corrected chi connectivity index (χ0v) is 48.5. The van der Waals surface area contributed by atoms with Gasteiger partial charge in [0, 0.05) is 60.1 Å². The Balaban J connectivity index is 0.896. The number of fused-ring (bicyclic) bond motifs is 2. The molecule has 4 aliphatic rings. The molecule has 4 amide bonds. The molecule has 7 rings (SSSR count). The first-order valence-electron chi connectivity index (χ1n) is 25.9. The summed E-state index contributed by atoms with van der Waals surface area (Å²) in [4.78, 5) is 90.6. The van der Waals surface area contributed by atoms with E-state index in [1.165, 1.54) is 31.5 Å². The van der Waals surface area contributed by atoms with E-state index in [4.69, 9.17) is 27.6 Å². The van der Waals surface area contributed by atoms with Crippen molar-refractivity contribution >= 4 is 70.2 Å². The zero-order valence-electron chi connectivity index (χ0n) is 45.8. The Hall–Kier alpha value is -6.34. The van der Waals surface area contributed by atoms with Crippen LogP contribution < -0.4 is 15.5 Å². The Morgan fingerprint density at radius 2 is 1.57 bits per heavy atom. The topological polar surface area (TPSA) is 345 Å². The number of alkyl carbamates (subject to hydrolysis) is 1. The number of allylic oxidation sites excluding steroid dienone is 6. The largest absolute Gasteiger partial charge is 0.506 e. The minimum atomic E-state index is -5.04. The number of hydrogen-bond donors (Lipinski definition) is 7. The first kappa shape index (κ1) is 63.2. The molecule has 0 radical (unpaired) electrons. The van der Waals surface area contributed by atoms with Crippen molar-refractivity contribution in [1.82, 2.24) is 10.6 Å². The molecule has 82 heavy (non-hydrogen) atoms. The summed E-state index contributed by atoms with van der Waals surface area (Å²) in [6.07, 6.45) is 8.07. The van der Waals surface area contributed by atoms with Gasteiger partial charge in [-0.25, -0.2) is 23.3 Å². The fourth-order valence-electron chi connectivity index (χ4n) is 9.88. The monoisotopic (exact) mass is 1200 g/mol. The average molecular weight is 1200 g/mol. The lowest BCUT2D eigenvalue weighted by Crippen LogP contribution is -2.43. The van der Waals surface area contributed by atoms with Crippen molar-refractivity contribution < 1.29 is 98.9 Å². The van der Waals surface area contributed by atoms with Crippen molar-refractivity contribution in [2.45, 2.75) is 96.5 Å². The van der Waals surface area contributed by atoms with Crippen LogP contribution in [0, 0.1) is 10.1 Å². The molecule has 4 aliphatic heterocycles. The summed E-state index contributed by atoms with van der Waals surface area (Å²) in [5.41, 5.74) is 5.45. The van der Waals surface area contributed by atoms with Gasteiger partial charge in [0.25, 0.3) is 11.6 Å². The molecule has 1 saturated heterocycles. The van der Waals surface area contributed by atoms with Crippen LogP contribution in [0.1, 0.15) is 89.2 Å². The number of nitro benzene ring substituents is 1. The van der Waals surface area contributed by atoms with Crippen molar-refractivity contribution in [3.8, 4) is 0 Å². The van der Waals surface area contributed by atoms with Gasteiger partial charge in [0.15, 0.2) is 12.3 Å². The smallest absolute Gasteiger partial charge is 0.457 e. The molecule has 0 saturated carbocycles. The van der Waals surface area contributed by atoms with Crippen LogP contribution in [0.2, 0.25) is 0 Å². The molecule has 1 fully saturated rings. The number of aliphatic hydroxyl groups excluding tert-OH is 1. The second kappa shape index (κ2) is 26.5. The summed E-state index contributed by atoms with van der Waals surface area (Å²) in [6.45, 7) is 9.52. The van der Waals surface area contributed by atoms with Gasteiger partial charge < -0.3 is 44.4 Å². The number of rotatable bonds is 26. The number of benzene rings is 3. The standard InChI is InChI=1S/C53H65N6O20P3/c1-35-32-58(50(62)55-49(35)61)48-31-41(45(79-48)34-76-80(66,67)68)54-51(63)78-36(2)38-30-37(22-23-42(38)59(64)65)33-77-82(71,72)75-29-28-74-81(69,70)73-27-15-25-57-44-19-13-11-17-40(44)53(5,6)47(57)21-9-7-8-20-46-52(3,4)39-16-10-12-18-43(39)56(46)24-14-26-60/h7-13,16-23,30,32,36,41,45,60H,14-15,24-29,31,33-34H2,1-6H3,(H4-2,54,55,61,62,63,66,67,68,69,70,71,72)/p+2/t36?,41-,45-/m1/s1. The van der Waals surface area contributed by atoms with E-state index in [0.29, 0.717) is 25.9 Å². The molecule has 26 nitrogen and oxygen atoms in total. The molecule has 29 heteroatoms. The van der Waals surface area contributed by atoms with Crippen LogP contribution >= 0.6 is 23.5 Å². The van der Waals surface area contributed by atoms with Gasteiger partial charge in [-0.1, -0.05) is 68.5 Å². The maximum atomic E-state index is 13.2. The molecule has 442 valence electrons. The number of nitro groups is 1. The fourth-order valence-corrected chi connectivity index (χ4v) is 11.7. The van der Waals surface area contributed by atoms with Crippen molar-refractivity contribution in [3.05, 3.63) is 147 Å². The summed E-state index contributed by atoms with van der Waals surface area (Å²) in [6, 6.07) is 17.7. The molecule has 3 aromatic carbocycles. The summed E-state index contributed by atoms with van der Waals surface area (Å²) >= 11 is 0. The van der Waals surface area contributed by atoms with Crippen molar-refractivity contribution in [2.75, 3.05) is 51.0 Å². The fraction of sp³-hybridized carbons (Fsp3) is 0.415. The number of nitrogens with one attached hydrogen (secondary N) is 2. The Labute approximate surface area is 472 Å². The van der Waals surface area contributed by atoms with E-state index in [1.54, 1.807) is 0 Å². The predicted molar refractivity (Wildman–Crippen MR) is 296 cm³/mol. The molecule has 0 aromatic heterocycles. The van der Waals surface area contributed by atoms with Crippen LogP contribution in [-0.4, -0.2) is 127 Å². The van der Waals surface area contributed by atoms with E-state index in [1.807, 2.05) is 54.6 Å². The summed E-state index contributed by atoms with van der Waals surface area (Å²) in [5.74, 6) is -0.798. The molecule has 0 bridgehead atoms. The molecular weight excluding hydrogens is 1130 g/mol. The lowest BCUT2D eigenvalue weighted by atomic mass is 9.81. The molecule has 4 heterocycles. The number of amides is 4. The number of urea groups is 1. The van der Waals surface area contributed by atoms with E-state index in [9.17, 15) is 62.9 Å². The van der Waals surface area contributed by atoms with Crippen LogP contribution in [-0.2, 0) is 68.0 Å². The SMILES string of the molecule is CC1=C[N+](=C2C[C@@H](NC(=O)OC(C)c3cc(COP(=O)(O)OCCOP(=O)(O)OCCC[N+]4=C(C=CC=CC=C5N(CCCO)c6ccccc6C5(C)C)C(C)(C)c5ccccc54)ccc3[N+](=O)[O-])[C@@H](COP(=O)(O)O)O2)C(=O)NC1=O. The van der Waals surface area contributed by atoms with Crippen molar-refractivity contribution in [3.63, 3.8) is 0 Å². The van der Waals surface area contributed by atoms with E-state index >= 15 is 0 Å². The maximum Gasteiger partial charge on any atom is 0.506 e. The maximum absolute atomic E-state index is 13.2. The molecule has 0 spiro atoms. The minimum Gasteiger partial charge on any atom is -0.457 e. The number of carbonyl (C=O) groups is 3. The van der Waals surface area contributed by atoms with Crippen molar-refractivity contribution in [2.24, 2.45) is 0 Å². The van der Waals surface area contributed by atoms with E-state index < -0.39 is 96.8 Å². The van der Waals surface area contributed by atoms with E-state index in [2.05, 4.69) is 76.6 Å². The lowest BCUT2D eigenvalue weighted by molar-refractivity contribution is -0.438. The number of imide groups is 1. The Morgan fingerprint density at radius 1 is 0.902 bits per heavy atom. The van der Waals surface area contributed by atoms with Crippen LogP contribution in [0.25, 0.3) is 0 Å². The quantitative estimate of drug-likeness (QED) is 0.0101. The Kier molecular flexibility index (Phi) is 20.4. The van der Waals surface area contributed by atoms with Gasteiger partial charge in [-0.2, -0.15) is 14.7 Å². The summed E-state index contributed by atoms with van der Waals surface area (Å²) < 4.78 is 76.2. The van der Waals surface area contributed by atoms with Gasteiger partial charge in [-0.15, -0.1) is 4.58 Å². The highest BCUT2D eigenvalue weighted by molar-refractivity contribution is 7.47. The van der Waals surface area contributed by atoms with Crippen LogP contribution in [0.5, 0.6) is 0 Å². The first-order valence-corrected chi connectivity index (χ1v) is 30.5. The number of aliphatic hydroxyl groups is 1. The van der Waals surface area contributed by atoms with Gasteiger partial charge in [0.1, 0.15) is 18.4 Å². The number of para-hydroxylation sites is 2.